The summed E-state index contributed by atoms with van der Waals surface area (Å²) < 4.78 is 5.86. The van der Waals surface area contributed by atoms with Gasteiger partial charge in [0.05, 0.1) is 0 Å². The summed E-state index contributed by atoms with van der Waals surface area (Å²) in [5.74, 6) is 1.62. The standard InChI is InChI=1S/C16H16ClNO/c17-16-9-15(7-5-13(16)10-18)19-14-6-4-11-2-1-3-12(11)8-14/h4-9H,1-3,10,18H2. The summed E-state index contributed by atoms with van der Waals surface area (Å²) >= 11 is 6.13. The highest BCUT2D eigenvalue weighted by molar-refractivity contribution is 6.31. The molecule has 2 N–H and O–H groups in total. The highest BCUT2D eigenvalue weighted by Crippen LogP contribution is 2.30. The molecule has 0 saturated carbocycles. The van der Waals surface area contributed by atoms with E-state index in [0.717, 1.165) is 23.5 Å². The van der Waals surface area contributed by atoms with Crippen LogP contribution in [-0.4, -0.2) is 0 Å². The van der Waals surface area contributed by atoms with Gasteiger partial charge >= 0.3 is 0 Å². The zero-order valence-corrected chi connectivity index (χ0v) is 11.4. The van der Waals surface area contributed by atoms with Gasteiger partial charge in [0.2, 0.25) is 0 Å². The third-order valence-electron chi connectivity index (χ3n) is 3.55. The Hall–Kier alpha value is -1.51. The molecule has 0 aliphatic heterocycles. The van der Waals surface area contributed by atoms with Crippen LogP contribution in [0.1, 0.15) is 23.1 Å². The van der Waals surface area contributed by atoms with Gasteiger partial charge in [-0.1, -0.05) is 23.7 Å². The van der Waals surface area contributed by atoms with Gasteiger partial charge < -0.3 is 10.5 Å². The first-order valence-corrected chi connectivity index (χ1v) is 6.92. The fourth-order valence-corrected chi connectivity index (χ4v) is 2.75. The van der Waals surface area contributed by atoms with Crippen molar-refractivity contribution in [1.29, 1.82) is 0 Å². The lowest BCUT2D eigenvalue weighted by Crippen LogP contribution is -1.97. The van der Waals surface area contributed by atoms with Crippen molar-refractivity contribution in [2.24, 2.45) is 5.73 Å². The van der Waals surface area contributed by atoms with Gasteiger partial charge in [0.1, 0.15) is 11.5 Å². The second-order valence-corrected chi connectivity index (χ2v) is 5.25. The quantitative estimate of drug-likeness (QED) is 0.914. The van der Waals surface area contributed by atoms with Gasteiger partial charge in [-0.05, 0) is 60.2 Å². The van der Waals surface area contributed by atoms with Crippen molar-refractivity contribution >= 4 is 11.6 Å². The fraction of sp³-hybridized carbons (Fsp3) is 0.250. The van der Waals surface area contributed by atoms with Crippen LogP contribution < -0.4 is 10.5 Å². The monoisotopic (exact) mass is 273 g/mol. The predicted molar refractivity (Wildman–Crippen MR) is 77.9 cm³/mol. The van der Waals surface area contributed by atoms with E-state index in [0.29, 0.717) is 11.6 Å². The summed E-state index contributed by atoms with van der Waals surface area (Å²) in [5.41, 5.74) is 9.38. The van der Waals surface area contributed by atoms with Gasteiger partial charge in [-0.15, -0.1) is 0 Å². The number of hydrogen-bond acceptors (Lipinski definition) is 2. The fourth-order valence-electron chi connectivity index (χ4n) is 2.50. The normalized spacial score (nSPS) is 13.4. The van der Waals surface area contributed by atoms with Crippen LogP contribution in [0.3, 0.4) is 0 Å². The van der Waals surface area contributed by atoms with E-state index in [1.807, 2.05) is 24.3 Å². The molecule has 0 heterocycles. The van der Waals surface area contributed by atoms with Gasteiger partial charge in [-0.2, -0.15) is 0 Å². The first-order chi connectivity index (χ1) is 9.26. The van der Waals surface area contributed by atoms with E-state index in [4.69, 9.17) is 22.1 Å². The zero-order valence-electron chi connectivity index (χ0n) is 10.7. The molecule has 3 rings (SSSR count). The van der Waals surface area contributed by atoms with E-state index in [9.17, 15) is 0 Å². The minimum absolute atomic E-state index is 0.442. The molecular weight excluding hydrogens is 258 g/mol. The van der Waals surface area contributed by atoms with Crippen molar-refractivity contribution in [3.8, 4) is 11.5 Å². The molecule has 2 aromatic carbocycles. The summed E-state index contributed by atoms with van der Waals surface area (Å²) in [4.78, 5) is 0. The summed E-state index contributed by atoms with van der Waals surface area (Å²) in [6.45, 7) is 0.442. The maximum atomic E-state index is 6.13. The van der Waals surface area contributed by atoms with Crippen molar-refractivity contribution in [1.82, 2.24) is 0 Å². The highest BCUT2D eigenvalue weighted by atomic mass is 35.5. The van der Waals surface area contributed by atoms with Crippen molar-refractivity contribution in [2.45, 2.75) is 25.8 Å². The molecule has 3 heteroatoms. The Morgan fingerprint density at radius 1 is 1.00 bits per heavy atom. The smallest absolute Gasteiger partial charge is 0.128 e. The first kappa shape index (κ1) is 12.5. The molecule has 0 radical (unpaired) electrons. The minimum atomic E-state index is 0.442. The lowest BCUT2D eigenvalue weighted by molar-refractivity contribution is 0.482. The summed E-state index contributed by atoms with van der Waals surface area (Å²) in [6.07, 6.45) is 3.59. The van der Waals surface area contributed by atoms with Gasteiger partial charge in [-0.25, -0.2) is 0 Å². The molecule has 0 unspecified atom stereocenters. The lowest BCUT2D eigenvalue weighted by atomic mass is 10.1. The van der Waals surface area contributed by atoms with Crippen LogP contribution in [0.4, 0.5) is 0 Å². The number of benzene rings is 2. The second-order valence-electron chi connectivity index (χ2n) is 4.84. The largest absolute Gasteiger partial charge is 0.457 e. The molecule has 0 amide bonds. The van der Waals surface area contributed by atoms with Gasteiger partial charge in [0.25, 0.3) is 0 Å². The van der Waals surface area contributed by atoms with E-state index in [2.05, 4.69) is 12.1 Å². The highest BCUT2D eigenvalue weighted by Gasteiger charge is 2.11. The van der Waals surface area contributed by atoms with E-state index in [1.165, 1.54) is 24.0 Å². The number of aryl methyl sites for hydroxylation is 2. The third-order valence-corrected chi connectivity index (χ3v) is 3.90. The molecular formula is C16H16ClNO. The number of fused-ring (bicyclic) bond motifs is 1. The van der Waals surface area contributed by atoms with Gasteiger partial charge in [0.15, 0.2) is 0 Å². The van der Waals surface area contributed by atoms with Crippen LogP contribution in [0.15, 0.2) is 36.4 Å². The Balaban J connectivity index is 1.83. The Morgan fingerprint density at radius 3 is 2.53 bits per heavy atom. The predicted octanol–water partition coefficient (Wildman–Crippen LogP) is 4.08. The average Bonchev–Trinajstić information content (AvgIpc) is 2.86. The van der Waals surface area contributed by atoms with Crippen LogP contribution in [0.25, 0.3) is 0 Å². The molecule has 0 aromatic heterocycles. The topological polar surface area (TPSA) is 35.2 Å². The van der Waals surface area contributed by atoms with Gasteiger partial charge in [0, 0.05) is 11.6 Å². The summed E-state index contributed by atoms with van der Waals surface area (Å²) in [7, 11) is 0. The Kier molecular flexibility index (Phi) is 3.45. The molecule has 0 atom stereocenters. The van der Waals surface area contributed by atoms with Crippen LogP contribution in [0.2, 0.25) is 5.02 Å². The molecule has 0 bridgehead atoms. The molecule has 1 aliphatic rings. The molecule has 2 aromatic rings. The minimum Gasteiger partial charge on any atom is -0.457 e. The van der Waals surface area contributed by atoms with E-state index >= 15 is 0 Å². The second kappa shape index (κ2) is 5.24. The van der Waals surface area contributed by atoms with Crippen LogP contribution in [0, 0.1) is 0 Å². The number of nitrogens with two attached hydrogens (primary N) is 1. The van der Waals surface area contributed by atoms with Gasteiger partial charge in [-0.3, -0.25) is 0 Å². The first-order valence-electron chi connectivity index (χ1n) is 6.54. The van der Waals surface area contributed by atoms with Crippen LogP contribution in [0.5, 0.6) is 11.5 Å². The Morgan fingerprint density at radius 2 is 1.74 bits per heavy atom. The zero-order chi connectivity index (χ0) is 13.2. The molecule has 0 fully saturated rings. The van der Waals surface area contributed by atoms with E-state index < -0.39 is 0 Å². The maximum Gasteiger partial charge on any atom is 0.128 e. The van der Waals surface area contributed by atoms with Crippen molar-refractivity contribution in [3.63, 3.8) is 0 Å². The summed E-state index contributed by atoms with van der Waals surface area (Å²) in [6, 6.07) is 11.9. The lowest BCUT2D eigenvalue weighted by Gasteiger charge is -2.09. The summed E-state index contributed by atoms with van der Waals surface area (Å²) in [5, 5.41) is 0.654. The third kappa shape index (κ3) is 2.60. The number of ether oxygens (including phenoxy) is 1. The average molecular weight is 274 g/mol. The molecule has 0 spiro atoms. The Labute approximate surface area is 118 Å². The molecule has 0 saturated heterocycles. The van der Waals surface area contributed by atoms with Crippen LogP contribution >= 0.6 is 11.6 Å². The van der Waals surface area contributed by atoms with E-state index in [1.54, 1.807) is 0 Å². The van der Waals surface area contributed by atoms with Crippen molar-refractivity contribution in [3.05, 3.63) is 58.1 Å². The van der Waals surface area contributed by atoms with Crippen molar-refractivity contribution < 1.29 is 4.74 Å². The molecule has 1 aliphatic carbocycles. The van der Waals surface area contributed by atoms with Crippen molar-refractivity contribution in [2.75, 3.05) is 0 Å². The Bertz CT molecular complexity index is 610. The molecule has 19 heavy (non-hydrogen) atoms. The number of rotatable bonds is 3. The molecule has 2 nitrogen and oxygen atoms in total. The SMILES string of the molecule is NCc1ccc(Oc2ccc3c(c2)CCC3)cc1Cl. The maximum absolute atomic E-state index is 6.13. The van der Waals surface area contributed by atoms with Crippen LogP contribution in [-0.2, 0) is 19.4 Å². The molecule has 98 valence electrons. The number of halogens is 1. The van der Waals surface area contributed by atoms with E-state index in [-0.39, 0.29) is 0 Å². The number of hydrogen-bond donors (Lipinski definition) is 1.